The monoisotopic (exact) mass is 546 g/mol. The lowest BCUT2D eigenvalue weighted by Crippen LogP contribution is -2.50. The number of halogens is 2. The number of hydrogen-bond acceptors (Lipinski definition) is 4. The SMILES string of the molecule is CCNC(=NCCN1CCN(c2ccc(F)cc2)CC1)NC1CCN(C(C)C)CC1.I. The molecule has 176 valence electrons. The molecule has 31 heavy (non-hydrogen) atoms. The van der Waals surface area contributed by atoms with E-state index in [0.29, 0.717) is 12.1 Å². The summed E-state index contributed by atoms with van der Waals surface area (Å²) in [5.41, 5.74) is 1.11. The van der Waals surface area contributed by atoms with E-state index in [1.54, 1.807) is 12.1 Å². The molecule has 1 aromatic carbocycles. The standard InChI is InChI=1S/C23H39FN6.HI/c1-4-25-23(27-21-9-12-29(13-10-21)19(2)3)26-11-14-28-15-17-30(18-16-28)22-7-5-20(24)6-8-22;/h5-8,19,21H,4,9-18H2,1-3H3,(H2,25,26,27);1H. The van der Waals surface area contributed by atoms with Crippen LogP contribution < -0.4 is 15.5 Å². The van der Waals surface area contributed by atoms with Gasteiger partial charge in [0.05, 0.1) is 6.54 Å². The van der Waals surface area contributed by atoms with Crippen LogP contribution in [0.2, 0.25) is 0 Å². The zero-order chi connectivity index (χ0) is 21.3. The largest absolute Gasteiger partial charge is 0.369 e. The van der Waals surface area contributed by atoms with E-state index in [-0.39, 0.29) is 29.8 Å². The number of nitrogens with one attached hydrogen (secondary N) is 2. The summed E-state index contributed by atoms with van der Waals surface area (Å²) in [6.07, 6.45) is 2.35. The second-order valence-electron chi connectivity index (χ2n) is 8.61. The number of benzene rings is 1. The highest BCUT2D eigenvalue weighted by molar-refractivity contribution is 14.0. The maximum absolute atomic E-state index is 13.1. The smallest absolute Gasteiger partial charge is 0.191 e. The van der Waals surface area contributed by atoms with Gasteiger partial charge in [-0.25, -0.2) is 4.39 Å². The average Bonchev–Trinajstić information content (AvgIpc) is 2.75. The summed E-state index contributed by atoms with van der Waals surface area (Å²) in [5.74, 6) is 0.774. The lowest BCUT2D eigenvalue weighted by Gasteiger charge is -2.36. The van der Waals surface area contributed by atoms with Crippen LogP contribution in [0.5, 0.6) is 0 Å². The fraction of sp³-hybridized carbons (Fsp3) is 0.696. The maximum Gasteiger partial charge on any atom is 0.191 e. The van der Waals surface area contributed by atoms with Gasteiger partial charge in [0.15, 0.2) is 5.96 Å². The molecule has 2 aliphatic rings. The fourth-order valence-electron chi connectivity index (χ4n) is 4.26. The van der Waals surface area contributed by atoms with E-state index in [2.05, 4.69) is 46.1 Å². The van der Waals surface area contributed by atoms with E-state index in [0.717, 1.165) is 70.5 Å². The first kappa shape index (κ1) is 26.1. The molecular weight excluding hydrogens is 506 g/mol. The molecule has 2 aliphatic heterocycles. The first-order valence-corrected chi connectivity index (χ1v) is 11.6. The quantitative estimate of drug-likeness (QED) is 0.313. The molecule has 2 heterocycles. The number of nitrogens with zero attached hydrogens (tertiary/aromatic N) is 4. The second-order valence-corrected chi connectivity index (χ2v) is 8.61. The second kappa shape index (κ2) is 13.4. The zero-order valence-corrected chi connectivity index (χ0v) is 21.6. The summed E-state index contributed by atoms with van der Waals surface area (Å²) in [6, 6.07) is 7.97. The topological polar surface area (TPSA) is 46.1 Å². The lowest BCUT2D eigenvalue weighted by molar-refractivity contribution is 0.167. The van der Waals surface area contributed by atoms with Gasteiger partial charge >= 0.3 is 0 Å². The summed E-state index contributed by atoms with van der Waals surface area (Å²) >= 11 is 0. The molecule has 2 saturated heterocycles. The van der Waals surface area contributed by atoms with E-state index < -0.39 is 0 Å². The summed E-state index contributed by atoms with van der Waals surface area (Å²) < 4.78 is 13.1. The molecule has 0 aliphatic carbocycles. The van der Waals surface area contributed by atoms with Crippen LogP contribution in [0, 0.1) is 5.82 Å². The number of piperidine rings is 1. The Morgan fingerprint density at radius 1 is 1.06 bits per heavy atom. The molecule has 1 aromatic rings. The summed E-state index contributed by atoms with van der Waals surface area (Å²) in [4.78, 5) is 12.2. The Morgan fingerprint density at radius 2 is 1.71 bits per heavy atom. The number of aliphatic imine (C=N–C) groups is 1. The van der Waals surface area contributed by atoms with E-state index >= 15 is 0 Å². The molecular formula is C23H40FIN6. The number of guanidine groups is 1. The minimum atomic E-state index is -0.175. The third kappa shape index (κ3) is 8.38. The van der Waals surface area contributed by atoms with Crippen molar-refractivity contribution in [2.24, 2.45) is 4.99 Å². The van der Waals surface area contributed by atoms with Crippen molar-refractivity contribution in [2.45, 2.75) is 45.7 Å². The Kier molecular flexibility index (Phi) is 11.3. The molecule has 0 saturated carbocycles. The van der Waals surface area contributed by atoms with Crippen LogP contribution in [-0.2, 0) is 0 Å². The Morgan fingerprint density at radius 3 is 2.29 bits per heavy atom. The van der Waals surface area contributed by atoms with Crippen LogP contribution >= 0.6 is 24.0 Å². The van der Waals surface area contributed by atoms with Gasteiger partial charge in [-0.15, -0.1) is 24.0 Å². The van der Waals surface area contributed by atoms with Crippen molar-refractivity contribution in [3.05, 3.63) is 30.1 Å². The molecule has 0 amide bonds. The van der Waals surface area contributed by atoms with Gasteiger partial charge in [-0.1, -0.05) is 0 Å². The first-order chi connectivity index (χ1) is 14.5. The van der Waals surface area contributed by atoms with Crippen LogP contribution in [0.3, 0.4) is 0 Å². The Labute approximate surface area is 204 Å². The predicted octanol–water partition coefficient (Wildman–Crippen LogP) is 2.99. The van der Waals surface area contributed by atoms with Gasteiger partial charge in [-0.3, -0.25) is 9.89 Å². The van der Waals surface area contributed by atoms with Crippen molar-refractivity contribution >= 4 is 35.6 Å². The van der Waals surface area contributed by atoms with E-state index in [9.17, 15) is 4.39 Å². The molecule has 0 atom stereocenters. The van der Waals surface area contributed by atoms with Gasteiger partial charge in [0.25, 0.3) is 0 Å². The molecule has 0 aromatic heterocycles. The molecule has 0 bridgehead atoms. The Bertz CT molecular complexity index is 653. The van der Waals surface area contributed by atoms with Gasteiger partial charge in [0.1, 0.15) is 5.82 Å². The van der Waals surface area contributed by atoms with Crippen molar-refractivity contribution in [3.8, 4) is 0 Å². The number of anilines is 1. The number of likely N-dealkylation sites (tertiary alicyclic amines) is 1. The normalized spacial score (nSPS) is 19.4. The van der Waals surface area contributed by atoms with E-state index in [4.69, 9.17) is 4.99 Å². The van der Waals surface area contributed by atoms with Gasteiger partial charge < -0.3 is 20.4 Å². The third-order valence-corrected chi connectivity index (χ3v) is 6.20. The number of piperazine rings is 1. The summed E-state index contributed by atoms with van der Waals surface area (Å²) in [5, 5.41) is 7.04. The molecule has 6 nitrogen and oxygen atoms in total. The van der Waals surface area contributed by atoms with Crippen molar-refractivity contribution in [1.82, 2.24) is 20.4 Å². The van der Waals surface area contributed by atoms with Gasteiger partial charge in [-0.05, 0) is 57.9 Å². The molecule has 2 N–H and O–H groups in total. The zero-order valence-electron chi connectivity index (χ0n) is 19.3. The van der Waals surface area contributed by atoms with Crippen LogP contribution in [0.1, 0.15) is 33.6 Å². The molecule has 2 fully saturated rings. The van der Waals surface area contributed by atoms with Crippen LogP contribution in [0.15, 0.2) is 29.3 Å². The minimum absolute atomic E-state index is 0. The predicted molar refractivity (Wildman–Crippen MR) is 139 cm³/mol. The molecule has 0 spiro atoms. The average molecular weight is 547 g/mol. The highest BCUT2D eigenvalue weighted by Crippen LogP contribution is 2.17. The Hall–Kier alpha value is -1.13. The fourth-order valence-corrected chi connectivity index (χ4v) is 4.26. The highest BCUT2D eigenvalue weighted by Gasteiger charge is 2.21. The maximum atomic E-state index is 13.1. The van der Waals surface area contributed by atoms with Crippen molar-refractivity contribution in [1.29, 1.82) is 0 Å². The minimum Gasteiger partial charge on any atom is -0.369 e. The van der Waals surface area contributed by atoms with Gasteiger partial charge in [0.2, 0.25) is 0 Å². The summed E-state index contributed by atoms with van der Waals surface area (Å²) in [6.45, 7) is 15.6. The molecule has 0 radical (unpaired) electrons. The first-order valence-electron chi connectivity index (χ1n) is 11.6. The van der Waals surface area contributed by atoms with E-state index in [1.807, 2.05) is 12.1 Å². The van der Waals surface area contributed by atoms with E-state index in [1.165, 1.54) is 12.8 Å². The van der Waals surface area contributed by atoms with Gasteiger partial charge in [-0.2, -0.15) is 0 Å². The number of hydrogen-bond donors (Lipinski definition) is 2. The van der Waals surface area contributed by atoms with Crippen molar-refractivity contribution < 1.29 is 4.39 Å². The Balaban J connectivity index is 0.00000341. The van der Waals surface area contributed by atoms with Crippen molar-refractivity contribution in [3.63, 3.8) is 0 Å². The van der Waals surface area contributed by atoms with Crippen LogP contribution in [-0.4, -0.2) is 86.7 Å². The lowest BCUT2D eigenvalue weighted by atomic mass is 10.0. The molecule has 8 heteroatoms. The molecule has 0 unspecified atom stereocenters. The highest BCUT2D eigenvalue weighted by atomic mass is 127. The van der Waals surface area contributed by atoms with Crippen LogP contribution in [0.25, 0.3) is 0 Å². The number of rotatable bonds is 7. The van der Waals surface area contributed by atoms with Gasteiger partial charge in [0, 0.05) is 70.1 Å². The van der Waals surface area contributed by atoms with Crippen LogP contribution in [0.4, 0.5) is 10.1 Å². The molecule has 3 rings (SSSR count). The third-order valence-electron chi connectivity index (χ3n) is 6.20. The van der Waals surface area contributed by atoms with Crippen molar-refractivity contribution in [2.75, 3.05) is 63.8 Å². The summed E-state index contributed by atoms with van der Waals surface area (Å²) in [7, 11) is 0.